The van der Waals surface area contributed by atoms with Crippen molar-refractivity contribution in [3.8, 4) is 5.75 Å². The summed E-state index contributed by atoms with van der Waals surface area (Å²) in [4.78, 5) is 12.7. The lowest BCUT2D eigenvalue weighted by atomic mass is 9.89. The first-order chi connectivity index (χ1) is 16.1. The lowest BCUT2D eigenvalue weighted by molar-refractivity contribution is -0.121. The standard InChI is InChI=1S/C25H34FN3O4S/c1-4-34(31,32)29(22-17-25(2,3)33-23-11-10-20(26)16-21(22)23)18-24(30)28-15-14-27-13-12-19-8-6-5-7-9-19/h5-11,16,22,27H,4,12-15,17-18H2,1-3H3,(H,28,30). The summed E-state index contributed by atoms with van der Waals surface area (Å²) in [6.45, 7) is 6.62. The first-order valence-corrected chi connectivity index (χ1v) is 13.2. The fourth-order valence-corrected chi connectivity index (χ4v) is 5.32. The largest absolute Gasteiger partial charge is 0.487 e. The van der Waals surface area contributed by atoms with Crippen molar-refractivity contribution in [1.82, 2.24) is 14.9 Å². The number of halogens is 1. The lowest BCUT2D eigenvalue weighted by Crippen LogP contribution is -2.48. The molecule has 0 radical (unpaired) electrons. The maximum Gasteiger partial charge on any atom is 0.235 e. The van der Waals surface area contributed by atoms with Crippen LogP contribution in [-0.4, -0.2) is 56.2 Å². The lowest BCUT2D eigenvalue weighted by Gasteiger charge is -2.41. The molecule has 9 heteroatoms. The third-order valence-corrected chi connectivity index (χ3v) is 7.66. The van der Waals surface area contributed by atoms with Crippen LogP contribution in [0.25, 0.3) is 0 Å². The van der Waals surface area contributed by atoms with Gasteiger partial charge in [0.2, 0.25) is 15.9 Å². The minimum atomic E-state index is -3.75. The van der Waals surface area contributed by atoms with Crippen molar-refractivity contribution >= 4 is 15.9 Å². The fourth-order valence-electron chi connectivity index (χ4n) is 4.10. The molecule has 0 bridgehead atoms. The highest BCUT2D eigenvalue weighted by Gasteiger charge is 2.41. The molecule has 1 aliphatic heterocycles. The van der Waals surface area contributed by atoms with E-state index in [-0.39, 0.29) is 12.3 Å². The minimum Gasteiger partial charge on any atom is -0.487 e. The van der Waals surface area contributed by atoms with E-state index < -0.39 is 33.4 Å². The number of hydrogen-bond acceptors (Lipinski definition) is 5. The number of fused-ring (bicyclic) bond motifs is 1. The number of ether oxygens (including phenoxy) is 1. The minimum absolute atomic E-state index is 0.163. The molecule has 34 heavy (non-hydrogen) atoms. The van der Waals surface area contributed by atoms with Crippen LogP contribution in [0.2, 0.25) is 0 Å². The highest BCUT2D eigenvalue weighted by molar-refractivity contribution is 7.89. The van der Waals surface area contributed by atoms with Gasteiger partial charge in [0.1, 0.15) is 17.2 Å². The van der Waals surface area contributed by atoms with E-state index in [1.807, 2.05) is 32.0 Å². The van der Waals surface area contributed by atoms with Crippen LogP contribution in [0.1, 0.15) is 44.4 Å². The molecule has 1 unspecified atom stereocenters. The number of rotatable bonds is 11. The third kappa shape index (κ3) is 7.01. The third-order valence-electron chi connectivity index (χ3n) is 5.83. The van der Waals surface area contributed by atoms with E-state index in [4.69, 9.17) is 4.74 Å². The van der Waals surface area contributed by atoms with Gasteiger partial charge in [-0.3, -0.25) is 4.79 Å². The summed E-state index contributed by atoms with van der Waals surface area (Å²) in [6.07, 6.45) is 1.18. The van der Waals surface area contributed by atoms with E-state index in [0.717, 1.165) is 13.0 Å². The van der Waals surface area contributed by atoms with Crippen LogP contribution in [0.4, 0.5) is 4.39 Å². The van der Waals surface area contributed by atoms with Crippen molar-refractivity contribution in [3.05, 3.63) is 65.5 Å². The quantitative estimate of drug-likeness (QED) is 0.472. The number of amides is 1. The maximum absolute atomic E-state index is 14.0. The van der Waals surface area contributed by atoms with Gasteiger partial charge in [0.25, 0.3) is 0 Å². The summed E-state index contributed by atoms with van der Waals surface area (Å²) in [7, 11) is -3.75. The van der Waals surface area contributed by atoms with Crippen molar-refractivity contribution < 1.29 is 22.3 Å². The molecule has 3 rings (SSSR count). The molecule has 186 valence electrons. The Hall–Kier alpha value is -2.49. The number of nitrogens with zero attached hydrogens (tertiary/aromatic N) is 1. The van der Waals surface area contributed by atoms with Crippen molar-refractivity contribution in [1.29, 1.82) is 0 Å². The zero-order valence-corrected chi connectivity index (χ0v) is 20.8. The van der Waals surface area contributed by atoms with E-state index >= 15 is 0 Å². The monoisotopic (exact) mass is 491 g/mol. The van der Waals surface area contributed by atoms with Gasteiger partial charge in [-0.1, -0.05) is 30.3 Å². The summed E-state index contributed by atoms with van der Waals surface area (Å²) in [5.41, 5.74) is 0.998. The van der Waals surface area contributed by atoms with E-state index in [9.17, 15) is 17.6 Å². The first kappa shape index (κ1) is 26.1. The van der Waals surface area contributed by atoms with Crippen LogP contribution in [-0.2, 0) is 21.2 Å². The molecule has 0 fully saturated rings. The smallest absolute Gasteiger partial charge is 0.235 e. The Morgan fingerprint density at radius 3 is 2.59 bits per heavy atom. The van der Waals surface area contributed by atoms with Crippen molar-refractivity contribution in [2.45, 2.75) is 45.3 Å². The number of hydrogen-bond donors (Lipinski definition) is 2. The normalized spacial score (nSPS) is 17.1. The molecular formula is C25H34FN3O4S. The molecule has 0 spiro atoms. The van der Waals surface area contributed by atoms with Gasteiger partial charge in [0.15, 0.2) is 0 Å². The Bertz CT molecular complexity index is 1080. The number of nitrogens with one attached hydrogen (secondary N) is 2. The molecule has 1 aliphatic rings. The van der Waals surface area contributed by atoms with Crippen LogP contribution in [0.15, 0.2) is 48.5 Å². The van der Waals surface area contributed by atoms with E-state index in [0.29, 0.717) is 30.8 Å². The Kier molecular flexibility index (Phi) is 8.67. The second-order valence-corrected chi connectivity index (χ2v) is 11.3. The predicted molar refractivity (Wildman–Crippen MR) is 131 cm³/mol. The molecule has 0 saturated carbocycles. The van der Waals surface area contributed by atoms with Gasteiger partial charge in [-0.05, 0) is 57.5 Å². The van der Waals surface area contributed by atoms with Crippen LogP contribution in [0.3, 0.4) is 0 Å². The molecule has 0 aliphatic carbocycles. The van der Waals surface area contributed by atoms with Gasteiger partial charge < -0.3 is 15.4 Å². The molecule has 2 N–H and O–H groups in total. The molecule has 0 saturated heterocycles. The van der Waals surface area contributed by atoms with Crippen molar-refractivity contribution in [2.75, 3.05) is 31.9 Å². The summed E-state index contributed by atoms with van der Waals surface area (Å²) >= 11 is 0. The molecule has 7 nitrogen and oxygen atoms in total. The topological polar surface area (TPSA) is 87.7 Å². The van der Waals surface area contributed by atoms with Gasteiger partial charge in [-0.15, -0.1) is 0 Å². The second kappa shape index (κ2) is 11.3. The Labute approximate surface area is 201 Å². The summed E-state index contributed by atoms with van der Waals surface area (Å²) in [6, 6.07) is 13.5. The van der Waals surface area contributed by atoms with Gasteiger partial charge in [0, 0.05) is 25.1 Å². The molecule has 1 heterocycles. The summed E-state index contributed by atoms with van der Waals surface area (Å²) < 4.78 is 47.1. The van der Waals surface area contributed by atoms with E-state index in [1.54, 1.807) is 0 Å². The molecular weight excluding hydrogens is 457 g/mol. The van der Waals surface area contributed by atoms with Crippen molar-refractivity contribution in [2.24, 2.45) is 0 Å². The van der Waals surface area contributed by atoms with Crippen LogP contribution in [0, 0.1) is 5.82 Å². The van der Waals surface area contributed by atoms with Gasteiger partial charge in [-0.25, -0.2) is 12.8 Å². The SMILES string of the molecule is CCS(=O)(=O)N(CC(=O)NCCNCCc1ccccc1)C1CC(C)(C)Oc2ccc(F)cc21. The highest BCUT2D eigenvalue weighted by Crippen LogP contribution is 2.43. The molecule has 1 atom stereocenters. The molecule has 1 amide bonds. The molecule has 2 aromatic carbocycles. The maximum atomic E-state index is 14.0. The average Bonchev–Trinajstić information content (AvgIpc) is 2.80. The highest BCUT2D eigenvalue weighted by atomic mass is 32.2. The van der Waals surface area contributed by atoms with Crippen molar-refractivity contribution in [3.63, 3.8) is 0 Å². The number of carbonyl (C=O) groups excluding carboxylic acids is 1. The van der Waals surface area contributed by atoms with Gasteiger partial charge in [0.05, 0.1) is 18.3 Å². The molecule has 0 aromatic heterocycles. The van der Waals surface area contributed by atoms with Crippen LogP contribution >= 0.6 is 0 Å². The first-order valence-electron chi connectivity index (χ1n) is 11.6. The number of benzene rings is 2. The molecule has 2 aromatic rings. The fraction of sp³-hybridized carbons (Fsp3) is 0.480. The Morgan fingerprint density at radius 1 is 1.15 bits per heavy atom. The van der Waals surface area contributed by atoms with Crippen LogP contribution in [0.5, 0.6) is 5.75 Å². The average molecular weight is 492 g/mol. The Balaban J connectivity index is 1.62. The number of sulfonamides is 1. The zero-order chi connectivity index (χ0) is 24.8. The number of carbonyl (C=O) groups is 1. The van der Waals surface area contributed by atoms with E-state index in [1.165, 1.54) is 35.0 Å². The Morgan fingerprint density at radius 2 is 1.88 bits per heavy atom. The van der Waals surface area contributed by atoms with Crippen LogP contribution < -0.4 is 15.4 Å². The second-order valence-electron chi connectivity index (χ2n) is 9.05. The van der Waals surface area contributed by atoms with Gasteiger partial charge in [-0.2, -0.15) is 4.31 Å². The predicted octanol–water partition coefficient (Wildman–Crippen LogP) is 3.03. The van der Waals surface area contributed by atoms with Gasteiger partial charge >= 0.3 is 0 Å². The summed E-state index contributed by atoms with van der Waals surface area (Å²) in [5.74, 6) is -0.609. The van der Waals surface area contributed by atoms with E-state index in [2.05, 4.69) is 22.8 Å². The summed E-state index contributed by atoms with van der Waals surface area (Å²) in [5, 5.41) is 6.06. The zero-order valence-electron chi connectivity index (χ0n) is 20.0.